The van der Waals surface area contributed by atoms with E-state index in [9.17, 15) is 19.8 Å². The molecule has 1 aromatic carbocycles. The predicted molar refractivity (Wildman–Crippen MR) is 258 cm³/mol. The first-order chi connectivity index (χ1) is 31.8. The standard InChI is InChI=1S/C30H36N8O2.C18H19N5O2S/c1-30(40)16-5-4-6-17-37-28(39)24-20-31-29(34-27(24)38(37)26-9-7-8-25(30)33-26)32-21-10-12-23(13-11-21)36-18-14-22(15-19-36)35(2)3;1-18(25)9-4-3-5-10-22-16(24)12-11-19-17(26-2)21-15(12)23(22)14-8-6-7-13(18)20-14/h4,6-13,20,22,40H,5,14-19H2,1-3H3,(H,31,32,34);3,5-8,11,25H,4,9-10H2,1-2H3/b6-4-;5-3-. The van der Waals surface area contributed by atoms with Gasteiger partial charge in [-0.25, -0.2) is 43.6 Å². The number of nitrogens with one attached hydrogen (secondary N) is 1. The fourth-order valence-corrected chi connectivity index (χ4v) is 9.11. The van der Waals surface area contributed by atoms with Crippen molar-refractivity contribution in [2.24, 2.45) is 0 Å². The topological polar surface area (TPSA) is 190 Å². The highest BCUT2D eigenvalue weighted by Crippen LogP contribution is 2.30. The summed E-state index contributed by atoms with van der Waals surface area (Å²) in [5, 5.41) is 26.6. The van der Waals surface area contributed by atoms with Gasteiger partial charge in [0, 0.05) is 42.9 Å². The predicted octanol–water partition coefficient (Wildman–Crippen LogP) is 6.07. The van der Waals surface area contributed by atoms with Crippen LogP contribution in [0, 0.1) is 0 Å². The van der Waals surface area contributed by atoms with Crippen molar-refractivity contribution in [2.75, 3.05) is 43.7 Å². The Labute approximate surface area is 386 Å². The minimum atomic E-state index is -1.09. The van der Waals surface area contributed by atoms with E-state index in [1.54, 1.807) is 45.0 Å². The van der Waals surface area contributed by atoms with E-state index in [1.165, 1.54) is 17.4 Å². The van der Waals surface area contributed by atoms with E-state index in [0.717, 1.165) is 31.6 Å². The van der Waals surface area contributed by atoms with E-state index in [-0.39, 0.29) is 11.1 Å². The van der Waals surface area contributed by atoms with Crippen LogP contribution in [0.5, 0.6) is 0 Å². The number of hydrogen-bond donors (Lipinski definition) is 3. The minimum Gasteiger partial charge on any atom is -0.384 e. The monoisotopic (exact) mass is 909 g/mol. The van der Waals surface area contributed by atoms with Crippen LogP contribution in [-0.4, -0.2) is 103 Å². The molecule has 0 saturated carbocycles. The van der Waals surface area contributed by atoms with Gasteiger partial charge in [0.2, 0.25) is 5.95 Å². The molecule has 7 aromatic rings. The molecule has 3 aliphatic rings. The van der Waals surface area contributed by atoms with Crippen molar-refractivity contribution in [1.82, 2.24) is 53.5 Å². The minimum absolute atomic E-state index is 0.157. The fourth-order valence-electron chi connectivity index (χ4n) is 8.77. The van der Waals surface area contributed by atoms with Crippen LogP contribution < -0.4 is 21.3 Å². The number of allylic oxidation sites excluding steroid dienone is 4. The SMILES string of the molecule is CN(C)C1CCN(c2ccc(Nc3ncc4c(=O)n5n(c4n3)-c3cccc(n3)C(C)(O)CC/C=C\C5)cc2)CC1.CSc1ncc2c(=O)n3n(c2n1)-c1cccc(n1)C(C)(O)CC/C=C\C3. The second kappa shape index (κ2) is 18.4. The van der Waals surface area contributed by atoms with Gasteiger partial charge in [-0.2, -0.15) is 4.98 Å². The van der Waals surface area contributed by atoms with Crippen molar-refractivity contribution < 1.29 is 10.2 Å². The number of fused-ring (bicyclic) bond motifs is 12. The molecule has 0 amide bonds. The van der Waals surface area contributed by atoms with Crippen LogP contribution in [0.4, 0.5) is 17.3 Å². The number of pyridine rings is 2. The Hall–Kier alpha value is -6.47. The van der Waals surface area contributed by atoms with Gasteiger partial charge in [-0.15, -0.1) is 0 Å². The summed E-state index contributed by atoms with van der Waals surface area (Å²) in [7, 11) is 4.31. The molecule has 18 heteroatoms. The van der Waals surface area contributed by atoms with Gasteiger partial charge >= 0.3 is 0 Å². The molecule has 0 aliphatic carbocycles. The average molecular weight is 910 g/mol. The van der Waals surface area contributed by atoms with Gasteiger partial charge in [-0.05, 0) is 121 Å². The van der Waals surface area contributed by atoms with Crippen molar-refractivity contribution in [1.29, 1.82) is 0 Å². The van der Waals surface area contributed by atoms with Gasteiger partial charge in [0.1, 0.15) is 22.0 Å². The highest BCUT2D eigenvalue weighted by atomic mass is 32.2. The van der Waals surface area contributed by atoms with Gasteiger partial charge in [0.05, 0.1) is 24.5 Å². The molecule has 3 aliphatic heterocycles. The number of aliphatic hydroxyl groups is 2. The molecule has 2 unspecified atom stereocenters. The Bertz CT molecular complexity index is 3070. The van der Waals surface area contributed by atoms with Crippen LogP contribution in [0.3, 0.4) is 0 Å². The summed E-state index contributed by atoms with van der Waals surface area (Å²) in [5.41, 5.74) is 1.70. The number of piperidine rings is 1. The van der Waals surface area contributed by atoms with Gasteiger partial charge in [0.25, 0.3) is 11.1 Å². The summed E-state index contributed by atoms with van der Waals surface area (Å²) in [6.45, 7) is 6.39. The molecule has 3 N–H and O–H groups in total. The van der Waals surface area contributed by atoms with E-state index in [4.69, 9.17) is 9.97 Å². The third-order valence-corrected chi connectivity index (χ3v) is 13.2. The summed E-state index contributed by atoms with van der Waals surface area (Å²) >= 11 is 1.42. The lowest BCUT2D eigenvalue weighted by Crippen LogP contribution is -2.41. The molecule has 0 radical (unpaired) electrons. The lowest BCUT2D eigenvalue weighted by atomic mass is 9.95. The maximum Gasteiger partial charge on any atom is 0.278 e. The van der Waals surface area contributed by atoms with Crippen LogP contribution in [-0.2, 0) is 24.3 Å². The Morgan fingerprint density at radius 2 is 1.23 bits per heavy atom. The van der Waals surface area contributed by atoms with E-state index >= 15 is 0 Å². The Balaban J connectivity index is 0.000000182. The maximum absolute atomic E-state index is 13.4. The zero-order valence-corrected chi connectivity index (χ0v) is 38.7. The molecule has 1 saturated heterocycles. The van der Waals surface area contributed by atoms with Crippen LogP contribution in [0.15, 0.2) is 112 Å². The van der Waals surface area contributed by atoms with Crippen molar-refractivity contribution >= 4 is 51.2 Å². The largest absolute Gasteiger partial charge is 0.384 e. The molecule has 0 spiro atoms. The second-order valence-electron chi connectivity index (χ2n) is 17.6. The second-order valence-corrected chi connectivity index (χ2v) is 18.4. The van der Waals surface area contributed by atoms with E-state index in [1.807, 2.05) is 79.1 Å². The Morgan fingerprint density at radius 3 is 1.76 bits per heavy atom. The molecule has 342 valence electrons. The van der Waals surface area contributed by atoms with E-state index in [0.29, 0.717) is 101 Å². The highest BCUT2D eigenvalue weighted by Gasteiger charge is 2.28. The number of benzene rings is 1. The third-order valence-electron chi connectivity index (χ3n) is 12.7. The lowest BCUT2D eigenvalue weighted by molar-refractivity contribution is 0.0439. The molecule has 9 heterocycles. The quantitative estimate of drug-likeness (QED) is 0.103. The first-order valence-electron chi connectivity index (χ1n) is 22.3. The fraction of sp³-hybridized carbons (Fsp3) is 0.375. The number of nitrogens with zero attached hydrogens (tertiary/aromatic N) is 12. The van der Waals surface area contributed by atoms with Crippen LogP contribution in [0.2, 0.25) is 0 Å². The van der Waals surface area contributed by atoms with Crippen molar-refractivity contribution in [2.45, 2.75) is 87.9 Å². The zero-order chi connectivity index (χ0) is 46.2. The summed E-state index contributed by atoms with van der Waals surface area (Å²) in [6.07, 6.45) is 17.7. The van der Waals surface area contributed by atoms with Gasteiger partial charge in [-0.3, -0.25) is 9.59 Å². The third kappa shape index (κ3) is 8.92. The first kappa shape index (κ1) is 44.7. The molecule has 4 bridgehead atoms. The van der Waals surface area contributed by atoms with Gasteiger partial charge in [-0.1, -0.05) is 48.2 Å². The summed E-state index contributed by atoms with van der Waals surface area (Å²) in [6, 6.07) is 19.9. The molecular formula is C48H55N13O4S. The molecule has 17 nitrogen and oxygen atoms in total. The summed E-state index contributed by atoms with van der Waals surface area (Å²) in [5.74, 6) is 1.46. The number of thioether (sulfide) groups is 1. The number of aromatic nitrogens is 10. The number of rotatable bonds is 5. The summed E-state index contributed by atoms with van der Waals surface area (Å²) in [4.78, 5) is 58.4. The Morgan fingerprint density at radius 1 is 0.697 bits per heavy atom. The summed E-state index contributed by atoms with van der Waals surface area (Å²) < 4.78 is 6.65. The first-order valence-corrected chi connectivity index (χ1v) is 23.5. The number of anilines is 3. The van der Waals surface area contributed by atoms with Gasteiger partial charge < -0.3 is 25.3 Å². The number of hydrogen-bond acceptors (Lipinski definition) is 14. The van der Waals surface area contributed by atoms with E-state index in [2.05, 4.69) is 61.3 Å². The Kier molecular flexibility index (Phi) is 12.5. The highest BCUT2D eigenvalue weighted by molar-refractivity contribution is 7.98. The van der Waals surface area contributed by atoms with Gasteiger partial charge in [0.15, 0.2) is 28.1 Å². The van der Waals surface area contributed by atoms with Crippen molar-refractivity contribution in [3.63, 3.8) is 0 Å². The van der Waals surface area contributed by atoms with Crippen molar-refractivity contribution in [3.8, 4) is 11.6 Å². The molecule has 2 atom stereocenters. The van der Waals surface area contributed by atoms with E-state index < -0.39 is 11.2 Å². The molecule has 1 fully saturated rings. The van der Waals surface area contributed by atoms with Crippen LogP contribution >= 0.6 is 11.8 Å². The van der Waals surface area contributed by atoms with Crippen LogP contribution in [0.25, 0.3) is 33.7 Å². The molecule has 6 aromatic heterocycles. The normalized spacial score (nSPS) is 20.9. The zero-order valence-electron chi connectivity index (χ0n) is 37.9. The smallest absolute Gasteiger partial charge is 0.278 e. The van der Waals surface area contributed by atoms with Crippen molar-refractivity contribution in [3.05, 3.63) is 129 Å². The molecular weight excluding hydrogens is 855 g/mol. The average Bonchev–Trinajstić information content (AvgIpc) is 3.75. The van der Waals surface area contributed by atoms with Crippen LogP contribution in [0.1, 0.15) is 63.8 Å². The lowest BCUT2D eigenvalue weighted by Gasteiger charge is -2.36. The molecule has 66 heavy (non-hydrogen) atoms. The molecule has 10 rings (SSSR count). The maximum atomic E-state index is 13.4.